The molecule has 2 aromatic rings. The molecule has 104 valence electrons. The molecule has 1 aromatic heterocycles. The molecule has 0 atom stereocenters. The van der Waals surface area contributed by atoms with Gasteiger partial charge in [0.15, 0.2) is 11.6 Å². The van der Waals surface area contributed by atoms with Crippen LogP contribution in [0.15, 0.2) is 24.5 Å². The molecular weight excluding hydrogens is 306 g/mol. The number of Topliss-reactive ketones (excluding diaryl/α,β-unsaturated/α-hetero) is 2. The van der Waals surface area contributed by atoms with Crippen LogP contribution in [0.2, 0.25) is 10.0 Å². The lowest BCUT2D eigenvalue weighted by Crippen LogP contribution is -2.09. The van der Waals surface area contributed by atoms with Gasteiger partial charge in [-0.15, -0.1) is 0 Å². The van der Waals surface area contributed by atoms with Gasteiger partial charge in [0, 0.05) is 18.8 Å². The molecule has 0 saturated heterocycles. The van der Waals surface area contributed by atoms with Crippen LogP contribution in [0, 0.1) is 5.82 Å². The summed E-state index contributed by atoms with van der Waals surface area (Å²) < 4.78 is 14.8. The molecule has 2 rings (SSSR count). The van der Waals surface area contributed by atoms with E-state index in [4.69, 9.17) is 23.2 Å². The summed E-state index contributed by atoms with van der Waals surface area (Å²) in [6.45, 7) is 0. The minimum Gasteiger partial charge on any atom is -0.294 e. The maximum Gasteiger partial charge on any atom is 0.173 e. The normalized spacial score (nSPS) is 10.6. The Morgan fingerprint density at radius 1 is 1.25 bits per heavy atom. The fraction of sp³-hybridized carbons (Fsp3) is 0.154. The van der Waals surface area contributed by atoms with Gasteiger partial charge in [0.05, 0.1) is 28.2 Å². The first-order valence-electron chi connectivity index (χ1n) is 5.58. The van der Waals surface area contributed by atoms with E-state index < -0.39 is 23.8 Å². The van der Waals surface area contributed by atoms with Crippen LogP contribution in [-0.4, -0.2) is 21.3 Å². The van der Waals surface area contributed by atoms with Gasteiger partial charge in [-0.1, -0.05) is 23.2 Å². The van der Waals surface area contributed by atoms with Gasteiger partial charge in [0.2, 0.25) is 0 Å². The molecule has 0 aliphatic carbocycles. The highest BCUT2D eigenvalue weighted by Crippen LogP contribution is 2.25. The Morgan fingerprint density at radius 2 is 1.95 bits per heavy atom. The first-order chi connectivity index (χ1) is 9.38. The van der Waals surface area contributed by atoms with Crippen molar-refractivity contribution in [3.8, 4) is 0 Å². The van der Waals surface area contributed by atoms with Gasteiger partial charge in [0.25, 0.3) is 0 Å². The Labute approximate surface area is 124 Å². The van der Waals surface area contributed by atoms with E-state index in [0.29, 0.717) is 5.56 Å². The maximum atomic E-state index is 13.3. The van der Waals surface area contributed by atoms with Crippen molar-refractivity contribution in [2.24, 2.45) is 7.05 Å². The van der Waals surface area contributed by atoms with Crippen LogP contribution in [0.3, 0.4) is 0 Å². The molecule has 0 amide bonds. The predicted octanol–water partition coefficient (Wildman–Crippen LogP) is 3.32. The van der Waals surface area contributed by atoms with Crippen molar-refractivity contribution in [3.63, 3.8) is 0 Å². The summed E-state index contributed by atoms with van der Waals surface area (Å²) in [5, 5.41) is 3.68. The van der Waals surface area contributed by atoms with Gasteiger partial charge < -0.3 is 0 Å². The topological polar surface area (TPSA) is 52.0 Å². The molecule has 4 nitrogen and oxygen atoms in total. The first-order valence-corrected chi connectivity index (χ1v) is 6.33. The van der Waals surface area contributed by atoms with E-state index in [0.717, 1.165) is 12.1 Å². The van der Waals surface area contributed by atoms with Crippen LogP contribution >= 0.6 is 23.2 Å². The van der Waals surface area contributed by atoms with Gasteiger partial charge in [-0.25, -0.2) is 4.39 Å². The number of hydrogen-bond donors (Lipinski definition) is 0. The average molecular weight is 315 g/mol. The van der Waals surface area contributed by atoms with Gasteiger partial charge in [-0.05, 0) is 12.1 Å². The van der Waals surface area contributed by atoms with Crippen molar-refractivity contribution in [1.29, 1.82) is 0 Å². The largest absolute Gasteiger partial charge is 0.294 e. The monoisotopic (exact) mass is 314 g/mol. The summed E-state index contributed by atoms with van der Waals surface area (Å²) in [4.78, 5) is 23.8. The molecule has 0 unspecified atom stereocenters. The molecular formula is C13H9Cl2FN2O2. The highest BCUT2D eigenvalue weighted by Gasteiger charge is 2.19. The number of carbonyl (C=O) groups excluding carboxylic acids is 2. The van der Waals surface area contributed by atoms with E-state index in [-0.39, 0.29) is 15.6 Å². The van der Waals surface area contributed by atoms with Gasteiger partial charge in [-0.3, -0.25) is 14.3 Å². The number of carbonyl (C=O) groups is 2. The molecule has 0 spiro atoms. The maximum absolute atomic E-state index is 13.3. The number of aromatic nitrogens is 2. The zero-order valence-electron chi connectivity index (χ0n) is 10.4. The third-order valence-corrected chi connectivity index (χ3v) is 3.26. The smallest absolute Gasteiger partial charge is 0.173 e. The van der Waals surface area contributed by atoms with Crippen molar-refractivity contribution in [2.45, 2.75) is 6.42 Å². The number of hydrogen-bond acceptors (Lipinski definition) is 3. The lowest BCUT2D eigenvalue weighted by atomic mass is 10.0. The highest BCUT2D eigenvalue weighted by molar-refractivity contribution is 6.37. The minimum absolute atomic E-state index is 0.0142. The van der Waals surface area contributed by atoms with E-state index in [1.165, 1.54) is 17.1 Å². The third-order valence-electron chi connectivity index (χ3n) is 2.66. The predicted molar refractivity (Wildman–Crippen MR) is 72.9 cm³/mol. The Morgan fingerprint density at radius 3 is 2.55 bits per heavy atom. The number of benzene rings is 1. The molecule has 0 aliphatic rings. The van der Waals surface area contributed by atoms with E-state index in [1.807, 2.05) is 0 Å². The fourth-order valence-corrected chi connectivity index (χ4v) is 2.13. The number of aryl methyl sites for hydroxylation is 1. The van der Waals surface area contributed by atoms with Crippen molar-refractivity contribution in [1.82, 2.24) is 9.78 Å². The SMILES string of the molecule is Cn1cc(C(=O)CC(=O)c2cc(F)c(Cl)cc2Cl)cn1. The summed E-state index contributed by atoms with van der Waals surface area (Å²) in [5.74, 6) is -1.73. The zero-order chi connectivity index (χ0) is 14.9. The van der Waals surface area contributed by atoms with Crippen LogP contribution in [0.4, 0.5) is 4.39 Å². The zero-order valence-corrected chi connectivity index (χ0v) is 11.9. The van der Waals surface area contributed by atoms with Crippen molar-refractivity contribution < 1.29 is 14.0 Å². The van der Waals surface area contributed by atoms with E-state index in [1.54, 1.807) is 7.05 Å². The molecule has 0 saturated carbocycles. The highest BCUT2D eigenvalue weighted by atomic mass is 35.5. The van der Waals surface area contributed by atoms with Crippen LogP contribution in [0.5, 0.6) is 0 Å². The second-order valence-corrected chi connectivity index (χ2v) is 4.99. The Balaban J connectivity index is 2.20. The third kappa shape index (κ3) is 3.05. The second kappa shape index (κ2) is 5.73. The van der Waals surface area contributed by atoms with Gasteiger partial charge in [-0.2, -0.15) is 5.10 Å². The number of halogens is 3. The first kappa shape index (κ1) is 14.7. The van der Waals surface area contributed by atoms with E-state index in [9.17, 15) is 14.0 Å². The van der Waals surface area contributed by atoms with E-state index >= 15 is 0 Å². The molecule has 0 fully saturated rings. The van der Waals surface area contributed by atoms with Crippen LogP contribution in [0.1, 0.15) is 27.1 Å². The minimum atomic E-state index is -0.756. The quantitative estimate of drug-likeness (QED) is 0.494. The Kier molecular flexibility index (Phi) is 4.20. The van der Waals surface area contributed by atoms with Crippen molar-refractivity contribution in [3.05, 3.63) is 51.5 Å². The molecule has 1 heterocycles. The van der Waals surface area contributed by atoms with Gasteiger partial charge in [0.1, 0.15) is 5.82 Å². The lowest BCUT2D eigenvalue weighted by Gasteiger charge is -2.04. The summed E-state index contributed by atoms with van der Waals surface area (Å²) in [5.41, 5.74) is 0.247. The Bertz CT molecular complexity index is 698. The number of rotatable bonds is 4. The lowest BCUT2D eigenvalue weighted by molar-refractivity contribution is 0.0894. The van der Waals surface area contributed by atoms with Crippen molar-refractivity contribution >= 4 is 34.8 Å². The summed E-state index contributed by atoms with van der Waals surface area (Å²) in [6.07, 6.45) is 2.45. The molecule has 20 heavy (non-hydrogen) atoms. The number of ketones is 2. The summed E-state index contributed by atoms with van der Waals surface area (Å²) >= 11 is 11.4. The van der Waals surface area contributed by atoms with Crippen LogP contribution < -0.4 is 0 Å². The van der Waals surface area contributed by atoms with Crippen LogP contribution in [-0.2, 0) is 7.05 Å². The molecule has 0 radical (unpaired) electrons. The number of nitrogens with zero attached hydrogens (tertiary/aromatic N) is 2. The molecule has 0 bridgehead atoms. The van der Waals surface area contributed by atoms with E-state index in [2.05, 4.69) is 5.10 Å². The van der Waals surface area contributed by atoms with Crippen molar-refractivity contribution in [2.75, 3.05) is 0 Å². The molecule has 0 aliphatic heterocycles. The molecule has 0 N–H and O–H groups in total. The Hall–Kier alpha value is -1.72. The second-order valence-electron chi connectivity index (χ2n) is 4.17. The molecule has 1 aromatic carbocycles. The summed E-state index contributed by atoms with van der Waals surface area (Å²) in [7, 11) is 1.66. The standard InChI is InChI=1S/C13H9Cl2FN2O2/c1-18-6-7(5-17-18)12(19)4-13(20)8-2-11(16)10(15)3-9(8)14/h2-3,5-6H,4H2,1H3. The summed E-state index contributed by atoms with van der Waals surface area (Å²) in [6, 6.07) is 2.07. The van der Waals surface area contributed by atoms with Gasteiger partial charge >= 0.3 is 0 Å². The average Bonchev–Trinajstić information content (AvgIpc) is 2.80. The van der Waals surface area contributed by atoms with Crippen LogP contribution in [0.25, 0.3) is 0 Å². The molecule has 7 heteroatoms. The fourth-order valence-electron chi connectivity index (χ4n) is 1.64.